The van der Waals surface area contributed by atoms with Crippen LogP contribution in [0.3, 0.4) is 0 Å². The molecular weight excluding hydrogens is 423 g/mol. The standard InChI is InChI=1S/C20H12Cl2O3S2/c21-13-7-5-12(6-8-13)11-26-16-10-9-15-19(23)14-3-1-2-4-17(14)27(24,25)20(15)18(16)22/h1-10H,11H2. The molecule has 7 heteroatoms. The highest BCUT2D eigenvalue weighted by atomic mass is 35.5. The molecule has 0 saturated heterocycles. The van der Waals surface area contributed by atoms with Gasteiger partial charge in [-0.05, 0) is 42.0 Å². The van der Waals surface area contributed by atoms with Gasteiger partial charge in [0.25, 0.3) is 0 Å². The molecule has 3 nitrogen and oxygen atoms in total. The monoisotopic (exact) mass is 434 g/mol. The average Bonchev–Trinajstić information content (AvgIpc) is 2.66. The summed E-state index contributed by atoms with van der Waals surface area (Å²) in [4.78, 5) is 13.2. The Balaban J connectivity index is 1.76. The summed E-state index contributed by atoms with van der Waals surface area (Å²) in [5.74, 6) is 0.270. The van der Waals surface area contributed by atoms with Gasteiger partial charge in [0.15, 0.2) is 5.78 Å². The molecule has 27 heavy (non-hydrogen) atoms. The summed E-state index contributed by atoms with van der Waals surface area (Å²) in [6.07, 6.45) is 0. The first-order chi connectivity index (χ1) is 12.9. The van der Waals surface area contributed by atoms with E-state index in [2.05, 4.69) is 0 Å². The van der Waals surface area contributed by atoms with Gasteiger partial charge in [-0.2, -0.15) is 0 Å². The molecule has 0 radical (unpaired) electrons. The third kappa shape index (κ3) is 3.19. The lowest BCUT2D eigenvalue weighted by Crippen LogP contribution is -2.20. The van der Waals surface area contributed by atoms with Gasteiger partial charge in [-0.15, -0.1) is 11.8 Å². The molecule has 1 aliphatic rings. The van der Waals surface area contributed by atoms with E-state index >= 15 is 0 Å². The first kappa shape index (κ1) is 18.6. The molecule has 0 saturated carbocycles. The van der Waals surface area contributed by atoms with E-state index in [9.17, 15) is 13.2 Å². The molecule has 0 amide bonds. The summed E-state index contributed by atoms with van der Waals surface area (Å²) >= 11 is 13.8. The molecule has 1 aliphatic heterocycles. The van der Waals surface area contributed by atoms with Crippen molar-refractivity contribution < 1.29 is 13.2 Å². The third-order valence-electron chi connectivity index (χ3n) is 4.30. The lowest BCUT2D eigenvalue weighted by Gasteiger charge is -2.21. The van der Waals surface area contributed by atoms with Crippen LogP contribution in [0.1, 0.15) is 21.5 Å². The maximum atomic E-state index is 13.1. The van der Waals surface area contributed by atoms with Crippen molar-refractivity contribution in [2.75, 3.05) is 0 Å². The second-order valence-corrected chi connectivity index (χ2v) is 9.68. The molecule has 1 heterocycles. The predicted molar refractivity (Wildman–Crippen MR) is 108 cm³/mol. The first-order valence-electron chi connectivity index (χ1n) is 7.98. The van der Waals surface area contributed by atoms with E-state index in [0.29, 0.717) is 15.7 Å². The third-order valence-corrected chi connectivity index (χ3v) is 8.20. The Morgan fingerprint density at radius 3 is 2.30 bits per heavy atom. The fraction of sp³-hybridized carbons (Fsp3) is 0.0500. The van der Waals surface area contributed by atoms with Crippen LogP contribution in [-0.2, 0) is 15.6 Å². The van der Waals surface area contributed by atoms with Crippen LogP contribution in [0, 0.1) is 0 Å². The number of fused-ring (bicyclic) bond motifs is 2. The van der Waals surface area contributed by atoms with Crippen LogP contribution < -0.4 is 0 Å². The van der Waals surface area contributed by atoms with E-state index in [0.717, 1.165) is 5.56 Å². The van der Waals surface area contributed by atoms with Gasteiger partial charge < -0.3 is 0 Å². The van der Waals surface area contributed by atoms with Crippen molar-refractivity contribution in [3.05, 3.63) is 87.4 Å². The Hall–Kier alpha value is -1.79. The molecule has 3 aromatic carbocycles. The Morgan fingerprint density at radius 2 is 1.56 bits per heavy atom. The zero-order chi connectivity index (χ0) is 19.2. The number of benzene rings is 3. The Kier molecular flexibility index (Phi) is 4.80. The largest absolute Gasteiger partial charge is 0.289 e. The maximum absolute atomic E-state index is 13.1. The summed E-state index contributed by atoms with van der Waals surface area (Å²) in [6, 6.07) is 16.8. The molecule has 4 rings (SSSR count). The number of carbonyl (C=O) groups excluding carboxylic acids is 1. The number of halogens is 2. The predicted octanol–water partition coefficient (Wildman–Crippen LogP) is 5.66. The van der Waals surface area contributed by atoms with Crippen molar-refractivity contribution in [2.24, 2.45) is 0 Å². The lowest BCUT2D eigenvalue weighted by atomic mass is 10.0. The van der Waals surface area contributed by atoms with Gasteiger partial charge in [-0.3, -0.25) is 4.79 Å². The topological polar surface area (TPSA) is 51.2 Å². The number of ketones is 1. The van der Waals surface area contributed by atoms with Crippen LogP contribution in [0.4, 0.5) is 0 Å². The zero-order valence-corrected chi connectivity index (χ0v) is 16.9. The van der Waals surface area contributed by atoms with Gasteiger partial charge in [-0.1, -0.05) is 47.5 Å². The molecule has 0 atom stereocenters. The Labute approximate surface area is 171 Å². The fourth-order valence-corrected chi connectivity index (χ4v) is 6.43. The van der Waals surface area contributed by atoms with Gasteiger partial charge in [-0.25, -0.2) is 8.42 Å². The first-order valence-corrected chi connectivity index (χ1v) is 11.2. The number of sulfone groups is 1. The van der Waals surface area contributed by atoms with Gasteiger partial charge in [0, 0.05) is 26.8 Å². The second-order valence-electron chi connectivity index (χ2n) is 6.00. The molecule has 136 valence electrons. The summed E-state index contributed by atoms with van der Waals surface area (Å²) in [6.45, 7) is 0. The number of thioether (sulfide) groups is 1. The average molecular weight is 435 g/mol. The molecule has 0 fully saturated rings. The highest BCUT2D eigenvalue weighted by molar-refractivity contribution is 7.98. The molecular formula is C20H12Cl2O3S2. The van der Waals surface area contributed by atoms with Crippen molar-refractivity contribution in [1.29, 1.82) is 0 Å². The van der Waals surface area contributed by atoms with Gasteiger partial charge in [0.2, 0.25) is 9.84 Å². The molecule has 0 N–H and O–H groups in total. The van der Waals surface area contributed by atoms with E-state index in [4.69, 9.17) is 23.2 Å². The molecule has 0 aromatic heterocycles. The van der Waals surface area contributed by atoms with E-state index in [-0.39, 0.29) is 31.7 Å². The van der Waals surface area contributed by atoms with Crippen molar-refractivity contribution in [3.63, 3.8) is 0 Å². The molecule has 0 unspecified atom stereocenters. The van der Waals surface area contributed by atoms with Crippen LogP contribution in [0.25, 0.3) is 0 Å². The number of hydrogen-bond acceptors (Lipinski definition) is 4. The summed E-state index contributed by atoms with van der Waals surface area (Å²) in [7, 11) is -3.86. The summed E-state index contributed by atoms with van der Waals surface area (Å²) in [5.41, 5.74) is 1.33. The quantitative estimate of drug-likeness (QED) is 0.390. The molecule has 3 aromatic rings. The van der Waals surface area contributed by atoms with Gasteiger partial charge >= 0.3 is 0 Å². The van der Waals surface area contributed by atoms with Crippen LogP contribution in [-0.4, -0.2) is 14.2 Å². The van der Waals surface area contributed by atoms with Crippen molar-refractivity contribution in [2.45, 2.75) is 20.4 Å². The van der Waals surface area contributed by atoms with Crippen LogP contribution >= 0.6 is 35.0 Å². The van der Waals surface area contributed by atoms with Crippen molar-refractivity contribution in [3.8, 4) is 0 Å². The van der Waals surface area contributed by atoms with E-state index in [1.54, 1.807) is 36.4 Å². The van der Waals surface area contributed by atoms with E-state index < -0.39 is 9.84 Å². The van der Waals surface area contributed by atoms with Gasteiger partial charge in [0.1, 0.15) is 4.90 Å². The van der Waals surface area contributed by atoms with Crippen LogP contribution in [0.15, 0.2) is 75.4 Å². The SMILES string of the molecule is O=C1c2ccccc2S(=O)(=O)c2c1ccc(SCc1ccc(Cl)cc1)c2Cl. The highest BCUT2D eigenvalue weighted by Crippen LogP contribution is 2.42. The Morgan fingerprint density at radius 1 is 0.852 bits per heavy atom. The number of carbonyl (C=O) groups is 1. The van der Waals surface area contributed by atoms with Crippen molar-refractivity contribution >= 4 is 50.6 Å². The number of rotatable bonds is 3. The minimum absolute atomic E-state index is 0.00394. The Bertz CT molecular complexity index is 1170. The van der Waals surface area contributed by atoms with E-state index in [1.165, 1.54) is 23.9 Å². The minimum Gasteiger partial charge on any atom is -0.289 e. The molecule has 0 aliphatic carbocycles. The van der Waals surface area contributed by atoms with E-state index in [1.807, 2.05) is 12.1 Å². The zero-order valence-electron chi connectivity index (χ0n) is 13.8. The van der Waals surface area contributed by atoms with Crippen LogP contribution in [0.2, 0.25) is 10.0 Å². The molecule has 0 bridgehead atoms. The normalized spacial score (nSPS) is 14.5. The summed E-state index contributed by atoms with van der Waals surface area (Å²) in [5, 5.41) is 0.744. The lowest BCUT2D eigenvalue weighted by molar-refractivity contribution is 0.103. The van der Waals surface area contributed by atoms with Crippen molar-refractivity contribution in [1.82, 2.24) is 0 Å². The summed E-state index contributed by atoms with van der Waals surface area (Å²) < 4.78 is 26.1. The van der Waals surface area contributed by atoms with Gasteiger partial charge in [0.05, 0.1) is 9.92 Å². The maximum Gasteiger partial charge on any atom is 0.209 e. The molecule has 0 spiro atoms. The fourth-order valence-electron chi connectivity index (χ4n) is 2.98. The van der Waals surface area contributed by atoms with Crippen LogP contribution in [0.5, 0.6) is 0 Å². The minimum atomic E-state index is -3.86. The second kappa shape index (κ2) is 6.99. The highest BCUT2D eigenvalue weighted by Gasteiger charge is 2.37. The smallest absolute Gasteiger partial charge is 0.209 e. The number of hydrogen-bond donors (Lipinski definition) is 0.